The Morgan fingerprint density at radius 1 is 1.12 bits per heavy atom. The molecular weight excluding hydrogens is 442 g/mol. The highest BCUT2D eigenvalue weighted by Gasteiger charge is 2.63. The Labute approximate surface area is 194 Å². The van der Waals surface area contributed by atoms with Gasteiger partial charge in [0.05, 0.1) is 17.1 Å². The fourth-order valence-corrected chi connectivity index (χ4v) is 8.32. The van der Waals surface area contributed by atoms with Gasteiger partial charge in [0.15, 0.2) is 0 Å². The van der Waals surface area contributed by atoms with Gasteiger partial charge in [0.1, 0.15) is 11.8 Å². The molecule has 178 valence electrons. The molecule has 1 saturated carbocycles. The Balaban J connectivity index is 1.90. The van der Waals surface area contributed by atoms with E-state index >= 15 is 0 Å². The zero-order valence-corrected chi connectivity index (χ0v) is 19.6. The number of benzene rings is 2. The first-order valence-corrected chi connectivity index (χ1v) is 13.1. The van der Waals surface area contributed by atoms with Crippen LogP contribution < -0.4 is 9.80 Å². The minimum atomic E-state index is -4.07. The quantitative estimate of drug-likeness (QED) is 0.470. The van der Waals surface area contributed by atoms with Gasteiger partial charge in [-0.3, -0.25) is 4.79 Å². The summed E-state index contributed by atoms with van der Waals surface area (Å²) in [5.74, 6) is -0.915. The summed E-state index contributed by atoms with van der Waals surface area (Å²) in [4.78, 5) is 9.39. The number of ether oxygens (including phenoxy) is 1. The first-order chi connectivity index (χ1) is 15.8. The SMILES string of the molecule is CC1c2ccccc2S(=O)(=O)C(c2ccccc2OCCCC(=O)O)(C2CCCCC2)[NH+]1[O-]. The van der Waals surface area contributed by atoms with Crippen molar-refractivity contribution in [2.75, 3.05) is 6.61 Å². The number of para-hydroxylation sites is 1. The van der Waals surface area contributed by atoms with Gasteiger partial charge < -0.3 is 20.1 Å². The number of quaternary nitrogens is 1. The number of carbonyl (C=O) groups is 1. The van der Waals surface area contributed by atoms with Crippen LogP contribution in [0.25, 0.3) is 0 Å². The molecule has 1 aliphatic heterocycles. The molecule has 8 heteroatoms. The average Bonchev–Trinajstić information content (AvgIpc) is 2.82. The van der Waals surface area contributed by atoms with Gasteiger partial charge in [-0.25, -0.2) is 8.42 Å². The summed E-state index contributed by atoms with van der Waals surface area (Å²) >= 11 is 0. The molecular formula is C25H31NO6S. The van der Waals surface area contributed by atoms with Crippen molar-refractivity contribution in [3.63, 3.8) is 0 Å². The fraction of sp³-hybridized carbons (Fsp3) is 0.480. The molecule has 0 spiro atoms. The van der Waals surface area contributed by atoms with Crippen LogP contribution in [0, 0.1) is 11.1 Å². The lowest BCUT2D eigenvalue weighted by Gasteiger charge is -2.53. The Bertz CT molecular complexity index is 1110. The van der Waals surface area contributed by atoms with E-state index in [-0.39, 0.29) is 28.9 Å². The maximum atomic E-state index is 14.4. The maximum absolute atomic E-state index is 14.4. The molecule has 0 bridgehead atoms. The average molecular weight is 474 g/mol. The van der Waals surface area contributed by atoms with E-state index in [1.807, 2.05) is 0 Å². The zero-order chi connectivity index (χ0) is 23.6. The third-order valence-corrected chi connectivity index (χ3v) is 9.67. The Kier molecular flexibility index (Phi) is 6.79. The monoisotopic (exact) mass is 473 g/mol. The highest BCUT2D eigenvalue weighted by Crippen LogP contribution is 2.50. The fourth-order valence-electron chi connectivity index (χ4n) is 5.58. The Morgan fingerprint density at radius 2 is 1.79 bits per heavy atom. The number of aliphatic carboxylic acids is 1. The molecule has 33 heavy (non-hydrogen) atoms. The van der Waals surface area contributed by atoms with Crippen molar-refractivity contribution in [1.29, 1.82) is 0 Å². The van der Waals surface area contributed by atoms with E-state index in [1.54, 1.807) is 55.5 Å². The maximum Gasteiger partial charge on any atom is 0.303 e. The van der Waals surface area contributed by atoms with E-state index in [9.17, 15) is 18.4 Å². The van der Waals surface area contributed by atoms with Gasteiger partial charge in [0, 0.05) is 17.9 Å². The molecule has 4 rings (SSSR count). The number of hydrogen-bond acceptors (Lipinski definition) is 5. The van der Waals surface area contributed by atoms with Crippen molar-refractivity contribution in [1.82, 2.24) is 0 Å². The number of carboxylic acids is 1. The molecule has 2 N–H and O–H groups in total. The number of hydroxylamine groups is 2. The minimum absolute atomic E-state index is 0.0441. The second-order valence-electron chi connectivity index (χ2n) is 9.04. The molecule has 0 amide bonds. The number of hydrogen-bond donors (Lipinski definition) is 2. The zero-order valence-electron chi connectivity index (χ0n) is 18.8. The summed E-state index contributed by atoms with van der Waals surface area (Å²) in [5, 5.41) is 22.8. The van der Waals surface area contributed by atoms with E-state index in [0.29, 0.717) is 36.1 Å². The van der Waals surface area contributed by atoms with Crippen LogP contribution in [0.2, 0.25) is 0 Å². The van der Waals surface area contributed by atoms with E-state index in [4.69, 9.17) is 9.84 Å². The van der Waals surface area contributed by atoms with Gasteiger partial charge in [-0.1, -0.05) is 49.6 Å². The Hall–Kier alpha value is -2.42. The lowest BCUT2D eigenvalue weighted by atomic mass is 9.79. The highest BCUT2D eigenvalue weighted by molar-refractivity contribution is 7.92. The van der Waals surface area contributed by atoms with Gasteiger partial charge in [-0.2, -0.15) is 0 Å². The van der Waals surface area contributed by atoms with Crippen molar-refractivity contribution in [3.05, 3.63) is 64.9 Å². The summed E-state index contributed by atoms with van der Waals surface area (Å²) in [6, 6.07) is 13.2. The van der Waals surface area contributed by atoms with Gasteiger partial charge in [0.2, 0.25) is 14.7 Å². The largest absolute Gasteiger partial charge is 0.632 e. The Morgan fingerprint density at radius 3 is 2.52 bits per heavy atom. The van der Waals surface area contributed by atoms with Gasteiger partial charge >= 0.3 is 5.97 Å². The van der Waals surface area contributed by atoms with Gasteiger partial charge in [-0.15, -0.1) is 0 Å². The summed E-state index contributed by atoms with van der Waals surface area (Å²) in [5.41, 5.74) is 0.937. The topological polar surface area (TPSA) is 108 Å². The third-order valence-electron chi connectivity index (χ3n) is 7.12. The molecule has 2 aliphatic rings. The summed E-state index contributed by atoms with van der Waals surface area (Å²) < 4.78 is 34.7. The molecule has 0 aromatic heterocycles. The molecule has 7 nitrogen and oxygen atoms in total. The van der Waals surface area contributed by atoms with Crippen LogP contribution in [-0.2, 0) is 19.5 Å². The van der Waals surface area contributed by atoms with E-state index < -0.39 is 26.7 Å². The normalized spacial score (nSPS) is 27.0. The lowest BCUT2D eigenvalue weighted by molar-refractivity contribution is -0.932. The molecule has 2 aromatic rings. The van der Waals surface area contributed by atoms with Crippen LogP contribution in [-0.4, -0.2) is 26.1 Å². The number of rotatable bonds is 7. The molecule has 3 atom stereocenters. The first kappa shape index (κ1) is 23.7. The number of fused-ring (bicyclic) bond motifs is 1. The van der Waals surface area contributed by atoms with Crippen LogP contribution in [0.15, 0.2) is 53.4 Å². The summed E-state index contributed by atoms with van der Waals surface area (Å²) in [6.45, 7) is 1.92. The summed E-state index contributed by atoms with van der Waals surface area (Å²) in [7, 11) is -4.07. The van der Waals surface area contributed by atoms with Crippen LogP contribution in [0.1, 0.15) is 69.0 Å². The van der Waals surface area contributed by atoms with Crippen LogP contribution in [0.3, 0.4) is 0 Å². The number of nitrogens with one attached hydrogen (secondary N) is 1. The number of sulfone groups is 1. The third kappa shape index (κ3) is 3.94. The van der Waals surface area contributed by atoms with Crippen molar-refractivity contribution in [2.45, 2.75) is 67.7 Å². The predicted octanol–water partition coefficient (Wildman–Crippen LogP) is 3.59. The highest BCUT2D eigenvalue weighted by atomic mass is 32.2. The lowest BCUT2D eigenvalue weighted by Crippen LogP contribution is -3.17. The van der Waals surface area contributed by atoms with Gasteiger partial charge in [-0.05, 0) is 44.4 Å². The molecule has 3 unspecified atom stereocenters. The first-order valence-electron chi connectivity index (χ1n) is 11.6. The van der Waals surface area contributed by atoms with Crippen LogP contribution in [0.5, 0.6) is 5.75 Å². The number of carboxylic acid groups (broad SMARTS) is 1. The van der Waals surface area contributed by atoms with Crippen LogP contribution >= 0.6 is 0 Å². The molecule has 1 heterocycles. The standard InChI is InChI=1S/C25H31NO6S/c1-18-20-12-5-8-15-23(20)33(30,31)25(26(18)29,19-10-3-2-4-11-19)21-13-6-7-14-22(21)32-17-9-16-24(27)28/h5-8,12-15,18-19,26H,2-4,9-11,16-17H2,1H3,(H,27,28). The van der Waals surface area contributed by atoms with Crippen molar-refractivity contribution in [3.8, 4) is 5.75 Å². The van der Waals surface area contributed by atoms with Gasteiger partial charge in [0.25, 0.3) is 0 Å². The van der Waals surface area contributed by atoms with Crippen molar-refractivity contribution in [2.24, 2.45) is 5.92 Å². The second kappa shape index (κ2) is 9.44. The van der Waals surface area contributed by atoms with E-state index in [2.05, 4.69) is 0 Å². The second-order valence-corrected chi connectivity index (χ2v) is 11.1. The van der Waals surface area contributed by atoms with Crippen molar-refractivity contribution < 1.29 is 28.1 Å². The molecule has 1 fully saturated rings. The minimum Gasteiger partial charge on any atom is -0.632 e. The smallest absolute Gasteiger partial charge is 0.303 e. The van der Waals surface area contributed by atoms with Crippen molar-refractivity contribution >= 4 is 15.8 Å². The van der Waals surface area contributed by atoms with E-state index in [0.717, 1.165) is 19.3 Å². The van der Waals surface area contributed by atoms with Crippen LogP contribution in [0.4, 0.5) is 0 Å². The molecule has 0 radical (unpaired) electrons. The predicted molar refractivity (Wildman–Crippen MR) is 123 cm³/mol. The molecule has 0 saturated heterocycles. The molecule has 1 aliphatic carbocycles. The molecule has 2 aromatic carbocycles. The summed E-state index contributed by atoms with van der Waals surface area (Å²) in [6.07, 6.45) is 4.36. The van der Waals surface area contributed by atoms with E-state index in [1.165, 1.54) is 0 Å².